The number of carboxylic acids is 1. The lowest BCUT2D eigenvalue weighted by molar-refractivity contribution is -0.149. The topological polar surface area (TPSA) is 131 Å². The Morgan fingerprint density at radius 3 is 2.00 bits per heavy atom. The Morgan fingerprint density at radius 2 is 1.44 bits per heavy atom. The third kappa shape index (κ3) is 8.93. The molecule has 9 heteroatoms. The number of hydrogen-bond acceptors (Lipinski definition) is 6. The monoisotopic (exact) mass is 470 g/mol. The smallest absolute Gasteiger partial charge is 0.408 e. The van der Waals surface area contributed by atoms with E-state index in [1.807, 2.05) is 24.3 Å². The highest BCUT2D eigenvalue weighted by Gasteiger charge is 2.30. The normalized spacial score (nSPS) is 13.1. The first kappa shape index (κ1) is 26.4. The van der Waals surface area contributed by atoms with Gasteiger partial charge in [0.2, 0.25) is 5.91 Å². The summed E-state index contributed by atoms with van der Waals surface area (Å²) in [6, 6.07) is 15.6. The average molecular weight is 471 g/mol. The van der Waals surface area contributed by atoms with Crippen LogP contribution >= 0.6 is 0 Å². The van der Waals surface area contributed by atoms with Crippen molar-refractivity contribution in [3.05, 3.63) is 71.8 Å². The lowest BCUT2D eigenvalue weighted by Crippen LogP contribution is -2.53. The van der Waals surface area contributed by atoms with Crippen LogP contribution in [0.5, 0.6) is 0 Å². The minimum Gasteiger partial charge on any atom is -0.480 e. The van der Waals surface area contributed by atoms with Crippen molar-refractivity contribution in [2.45, 2.75) is 45.4 Å². The van der Waals surface area contributed by atoms with E-state index in [-0.39, 0.29) is 26.1 Å². The van der Waals surface area contributed by atoms with E-state index in [1.165, 1.54) is 6.92 Å². The number of ether oxygens (including phenoxy) is 2. The van der Waals surface area contributed by atoms with Crippen molar-refractivity contribution < 1.29 is 33.8 Å². The number of amides is 2. The number of benzene rings is 2. The van der Waals surface area contributed by atoms with Crippen LogP contribution in [0.1, 0.15) is 31.4 Å². The summed E-state index contributed by atoms with van der Waals surface area (Å²) in [5.74, 6) is -3.29. The van der Waals surface area contributed by atoms with Gasteiger partial charge in [0, 0.05) is 6.42 Å². The molecule has 2 aromatic rings. The molecular weight excluding hydrogens is 440 g/mol. The number of carboxylic acid groups (broad SMARTS) is 1. The van der Waals surface area contributed by atoms with Crippen molar-refractivity contribution in [1.29, 1.82) is 0 Å². The maximum atomic E-state index is 13.0. The molecule has 0 saturated heterocycles. The van der Waals surface area contributed by atoms with E-state index in [0.717, 1.165) is 11.1 Å². The maximum absolute atomic E-state index is 13.0. The Hall–Kier alpha value is -3.88. The largest absolute Gasteiger partial charge is 0.480 e. The van der Waals surface area contributed by atoms with E-state index < -0.39 is 41.9 Å². The lowest BCUT2D eigenvalue weighted by Gasteiger charge is -2.23. The van der Waals surface area contributed by atoms with Crippen LogP contribution in [-0.4, -0.2) is 47.7 Å². The van der Waals surface area contributed by atoms with Crippen LogP contribution in [0, 0.1) is 5.92 Å². The molecule has 2 amide bonds. The summed E-state index contributed by atoms with van der Waals surface area (Å²) in [4.78, 5) is 49.0. The number of nitrogens with one attached hydrogen (secondary N) is 2. The van der Waals surface area contributed by atoms with Crippen LogP contribution in [-0.2, 0) is 36.9 Å². The molecular formula is C25H30N2O7. The molecule has 182 valence electrons. The van der Waals surface area contributed by atoms with Crippen LogP contribution in [0.4, 0.5) is 4.79 Å². The maximum Gasteiger partial charge on any atom is 0.408 e. The van der Waals surface area contributed by atoms with Crippen molar-refractivity contribution in [3.8, 4) is 0 Å². The summed E-state index contributed by atoms with van der Waals surface area (Å²) >= 11 is 0. The van der Waals surface area contributed by atoms with Gasteiger partial charge in [-0.15, -0.1) is 0 Å². The molecule has 0 saturated carbocycles. The van der Waals surface area contributed by atoms with Crippen molar-refractivity contribution in [2.75, 3.05) is 6.61 Å². The molecule has 0 aliphatic carbocycles. The van der Waals surface area contributed by atoms with Gasteiger partial charge in [-0.2, -0.15) is 0 Å². The summed E-state index contributed by atoms with van der Waals surface area (Å²) < 4.78 is 10.1. The Labute approximate surface area is 198 Å². The fourth-order valence-corrected chi connectivity index (χ4v) is 3.19. The number of carbonyl (C=O) groups is 4. The first-order valence-electron chi connectivity index (χ1n) is 11.0. The highest BCUT2D eigenvalue weighted by molar-refractivity contribution is 5.89. The molecule has 0 unspecified atom stereocenters. The average Bonchev–Trinajstić information content (AvgIpc) is 2.83. The predicted octanol–water partition coefficient (Wildman–Crippen LogP) is 2.68. The van der Waals surface area contributed by atoms with Crippen LogP contribution in [0.2, 0.25) is 0 Å². The van der Waals surface area contributed by atoms with Gasteiger partial charge in [0.15, 0.2) is 0 Å². The third-order valence-corrected chi connectivity index (χ3v) is 5.00. The van der Waals surface area contributed by atoms with Gasteiger partial charge < -0.3 is 25.2 Å². The van der Waals surface area contributed by atoms with E-state index >= 15 is 0 Å². The Morgan fingerprint density at radius 1 is 0.853 bits per heavy atom. The molecule has 0 heterocycles. The second-order valence-corrected chi connectivity index (χ2v) is 7.74. The highest BCUT2D eigenvalue weighted by Crippen LogP contribution is 2.11. The molecule has 9 nitrogen and oxygen atoms in total. The molecule has 0 fully saturated rings. The van der Waals surface area contributed by atoms with Crippen LogP contribution in [0.15, 0.2) is 60.7 Å². The quantitative estimate of drug-likeness (QED) is 0.407. The fourth-order valence-electron chi connectivity index (χ4n) is 3.19. The summed E-state index contributed by atoms with van der Waals surface area (Å²) in [7, 11) is 0. The van der Waals surface area contributed by atoms with Gasteiger partial charge in [-0.05, 0) is 24.5 Å². The van der Waals surface area contributed by atoms with Gasteiger partial charge in [0.1, 0.15) is 18.7 Å². The first-order valence-corrected chi connectivity index (χ1v) is 11.0. The molecule has 2 rings (SSSR count). The van der Waals surface area contributed by atoms with Gasteiger partial charge in [-0.3, -0.25) is 9.59 Å². The molecule has 2 aromatic carbocycles. The van der Waals surface area contributed by atoms with Crippen LogP contribution in [0.3, 0.4) is 0 Å². The number of esters is 1. The van der Waals surface area contributed by atoms with E-state index in [2.05, 4.69) is 10.6 Å². The van der Waals surface area contributed by atoms with Crippen LogP contribution in [0.25, 0.3) is 0 Å². The molecule has 34 heavy (non-hydrogen) atoms. The number of alkyl carbamates (subject to hydrolysis) is 1. The van der Waals surface area contributed by atoms with Crippen molar-refractivity contribution in [3.63, 3.8) is 0 Å². The second kappa shape index (κ2) is 13.6. The molecule has 3 N–H and O–H groups in total. The molecule has 0 aliphatic heterocycles. The zero-order chi connectivity index (χ0) is 24.9. The fraction of sp³-hybridized carbons (Fsp3) is 0.360. The first-order chi connectivity index (χ1) is 16.3. The minimum atomic E-state index is -1.34. The summed E-state index contributed by atoms with van der Waals surface area (Å²) in [5, 5.41) is 14.5. The highest BCUT2D eigenvalue weighted by atomic mass is 16.5. The van der Waals surface area contributed by atoms with Gasteiger partial charge in [0.25, 0.3) is 0 Å². The summed E-state index contributed by atoms with van der Waals surface area (Å²) in [5.41, 5.74) is 1.54. The minimum absolute atomic E-state index is 0.0150. The molecule has 0 radical (unpaired) electrons. The van der Waals surface area contributed by atoms with E-state index in [0.29, 0.717) is 0 Å². The number of carbonyl (C=O) groups excluding carboxylic acids is 3. The molecule has 0 aliphatic rings. The van der Waals surface area contributed by atoms with Crippen LogP contribution < -0.4 is 10.6 Å². The zero-order valence-corrected chi connectivity index (χ0v) is 19.2. The predicted molar refractivity (Wildman–Crippen MR) is 124 cm³/mol. The molecule has 3 atom stereocenters. The Kier molecular flexibility index (Phi) is 10.6. The van der Waals surface area contributed by atoms with E-state index in [9.17, 15) is 24.3 Å². The van der Waals surface area contributed by atoms with Gasteiger partial charge in [-0.1, -0.05) is 67.6 Å². The number of hydrogen-bond donors (Lipinski definition) is 3. The van der Waals surface area contributed by atoms with E-state index in [1.54, 1.807) is 43.3 Å². The summed E-state index contributed by atoms with van der Waals surface area (Å²) in [6.45, 7) is 3.36. The Balaban J connectivity index is 2.08. The third-order valence-electron chi connectivity index (χ3n) is 5.00. The second-order valence-electron chi connectivity index (χ2n) is 7.74. The molecule has 0 aromatic heterocycles. The Bertz CT molecular complexity index is 950. The standard InChI is InChI=1S/C25H30N2O7/c1-3-33-24(31)17(2)14-21(23(29)30)26-22(28)20(15-18-10-6-4-7-11-18)27-25(32)34-16-19-12-8-5-9-13-19/h4-13,17,20-21H,3,14-16H2,1-2H3,(H,26,28)(H,27,32)(H,29,30)/t17-,20+,21+/m0/s1. The SMILES string of the molecule is CCOC(=O)[C@@H](C)C[C@@H](NC(=O)[C@@H](Cc1ccccc1)NC(=O)OCc1ccccc1)C(=O)O. The van der Waals surface area contributed by atoms with Gasteiger partial charge in [0.05, 0.1) is 12.5 Å². The molecule has 0 spiro atoms. The summed E-state index contributed by atoms with van der Waals surface area (Å²) in [6.07, 6.45) is -0.852. The number of aliphatic carboxylic acids is 1. The van der Waals surface area contributed by atoms with Crippen molar-refractivity contribution in [1.82, 2.24) is 10.6 Å². The number of rotatable bonds is 12. The van der Waals surface area contributed by atoms with E-state index in [4.69, 9.17) is 9.47 Å². The van der Waals surface area contributed by atoms with Crippen molar-refractivity contribution >= 4 is 23.9 Å². The molecule has 0 bridgehead atoms. The zero-order valence-electron chi connectivity index (χ0n) is 19.2. The van der Waals surface area contributed by atoms with Gasteiger partial charge in [-0.25, -0.2) is 9.59 Å². The lowest BCUT2D eigenvalue weighted by atomic mass is 10.0. The van der Waals surface area contributed by atoms with Gasteiger partial charge >= 0.3 is 18.0 Å². The van der Waals surface area contributed by atoms with Crippen molar-refractivity contribution in [2.24, 2.45) is 5.92 Å².